The summed E-state index contributed by atoms with van der Waals surface area (Å²) in [4.78, 5) is 0. The van der Waals surface area contributed by atoms with E-state index in [9.17, 15) is 13.2 Å². The second-order valence-electron chi connectivity index (χ2n) is 3.89. The van der Waals surface area contributed by atoms with Gasteiger partial charge < -0.3 is 19.5 Å². The van der Waals surface area contributed by atoms with Gasteiger partial charge in [0.15, 0.2) is 0 Å². The van der Waals surface area contributed by atoms with E-state index in [-0.39, 0.29) is 0 Å². The van der Waals surface area contributed by atoms with Crippen LogP contribution in [0.15, 0.2) is 0 Å². The van der Waals surface area contributed by atoms with Gasteiger partial charge in [0.1, 0.15) is 0 Å². The maximum atomic E-state index is 12.0. The predicted octanol–water partition coefficient (Wildman–Crippen LogP) is 1.60. The zero-order valence-electron chi connectivity index (χ0n) is 10.9. The van der Waals surface area contributed by atoms with E-state index in [1.165, 1.54) is 6.92 Å². The van der Waals surface area contributed by atoms with E-state index in [1.54, 1.807) is 7.11 Å². The first-order valence-electron chi connectivity index (χ1n) is 5.90. The molecule has 0 aliphatic carbocycles. The van der Waals surface area contributed by atoms with E-state index >= 15 is 0 Å². The molecule has 4 nitrogen and oxygen atoms in total. The third-order valence-electron chi connectivity index (χ3n) is 2.08. The maximum absolute atomic E-state index is 12.0. The van der Waals surface area contributed by atoms with Crippen LogP contribution in [0.1, 0.15) is 13.3 Å². The second-order valence-corrected chi connectivity index (χ2v) is 3.89. The molecule has 0 radical (unpaired) electrons. The fourth-order valence-corrected chi connectivity index (χ4v) is 1.26. The van der Waals surface area contributed by atoms with Gasteiger partial charge in [0.05, 0.1) is 39.5 Å². The van der Waals surface area contributed by atoms with Gasteiger partial charge in [0, 0.05) is 19.7 Å². The molecule has 0 saturated carbocycles. The van der Waals surface area contributed by atoms with Crippen molar-refractivity contribution in [1.29, 1.82) is 0 Å². The van der Waals surface area contributed by atoms with Crippen molar-refractivity contribution in [2.75, 3.05) is 46.7 Å². The molecule has 0 bridgehead atoms. The highest BCUT2D eigenvalue weighted by Gasteiger charge is 2.29. The Morgan fingerprint density at radius 3 is 2.11 bits per heavy atom. The van der Waals surface area contributed by atoms with Crippen molar-refractivity contribution in [2.45, 2.75) is 25.6 Å². The molecular formula is C11H22F3NO3. The molecule has 1 N–H and O–H groups in total. The fourth-order valence-electron chi connectivity index (χ4n) is 1.26. The lowest BCUT2D eigenvalue weighted by Crippen LogP contribution is -2.33. The topological polar surface area (TPSA) is 39.7 Å². The van der Waals surface area contributed by atoms with E-state index in [4.69, 9.17) is 14.2 Å². The van der Waals surface area contributed by atoms with E-state index in [2.05, 4.69) is 5.32 Å². The quantitative estimate of drug-likeness (QED) is 0.580. The molecule has 0 aliphatic heterocycles. The Hall–Kier alpha value is -0.370. The Labute approximate surface area is 106 Å². The number of halogens is 3. The second kappa shape index (κ2) is 10.5. The first kappa shape index (κ1) is 17.6. The van der Waals surface area contributed by atoms with E-state index in [0.717, 1.165) is 0 Å². The van der Waals surface area contributed by atoms with Crippen molar-refractivity contribution in [3.05, 3.63) is 0 Å². The van der Waals surface area contributed by atoms with Gasteiger partial charge in [0.25, 0.3) is 0 Å². The molecule has 0 aromatic carbocycles. The number of hydrogen-bond acceptors (Lipinski definition) is 4. The van der Waals surface area contributed by atoms with Crippen LogP contribution >= 0.6 is 0 Å². The van der Waals surface area contributed by atoms with Crippen LogP contribution in [0.3, 0.4) is 0 Å². The molecule has 0 rings (SSSR count). The number of methoxy groups -OCH3 is 1. The van der Waals surface area contributed by atoms with Gasteiger partial charge in [-0.3, -0.25) is 0 Å². The molecule has 110 valence electrons. The van der Waals surface area contributed by atoms with Crippen molar-refractivity contribution in [3.63, 3.8) is 0 Å². The van der Waals surface area contributed by atoms with Crippen LogP contribution in [0, 0.1) is 0 Å². The Kier molecular flexibility index (Phi) is 10.3. The number of rotatable bonds is 11. The summed E-state index contributed by atoms with van der Waals surface area (Å²) in [6.45, 7) is 4.21. The molecule has 18 heavy (non-hydrogen) atoms. The molecule has 1 unspecified atom stereocenters. The number of ether oxygens (including phenoxy) is 3. The third kappa shape index (κ3) is 13.7. The molecule has 0 aliphatic rings. The van der Waals surface area contributed by atoms with Gasteiger partial charge in [-0.25, -0.2) is 0 Å². The summed E-state index contributed by atoms with van der Waals surface area (Å²) in [5, 5.41) is 2.74. The molecule has 1 atom stereocenters. The molecule has 0 amide bonds. The van der Waals surface area contributed by atoms with E-state index in [1.807, 2.05) is 0 Å². The van der Waals surface area contributed by atoms with E-state index in [0.29, 0.717) is 39.6 Å². The molecule has 0 aromatic rings. The van der Waals surface area contributed by atoms with Crippen molar-refractivity contribution in [1.82, 2.24) is 5.32 Å². The monoisotopic (exact) mass is 273 g/mol. The molecule has 7 heteroatoms. The Morgan fingerprint density at radius 2 is 1.56 bits per heavy atom. The lowest BCUT2D eigenvalue weighted by atomic mass is 10.2. The Morgan fingerprint density at radius 1 is 1.00 bits per heavy atom. The summed E-state index contributed by atoms with van der Waals surface area (Å²) in [6.07, 6.45) is -4.95. The highest BCUT2D eigenvalue weighted by Crippen LogP contribution is 2.20. The van der Waals surface area contributed by atoms with Gasteiger partial charge in [-0.15, -0.1) is 0 Å². The SMILES string of the molecule is COCCOCCOCCNC(C)CC(F)(F)F. The molecule has 0 aromatic heterocycles. The normalized spacial score (nSPS) is 13.8. The highest BCUT2D eigenvalue weighted by molar-refractivity contribution is 4.65. The summed E-state index contributed by atoms with van der Waals surface area (Å²) in [5.74, 6) is 0. The predicted molar refractivity (Wildman–Crippen MR) is 61.7 cm³/mol. The smallest absolute Gasteiger partial charge is 0.382 e. The lowest BCUT2D eigenvalue weighted by Gasteiger charge is -2.15. The molecular weight excluding hydrogens is 251 g/mol. The first-order valence-corrected chi connectivity index (χ1v) is 5.90. The average Bonchev–Trinajstić information content (AvgIpc) is 2.24. The summed E-state index contributed by atoms with van der Waals surface area (Å²) < 4.78 is 51.1. The summed E-state index contributed by atoms with van der Waals surface area (Å²) in [6, 6.07) is -0.591. The summed E-state index contributed by atoms with van der Waals surface area (Å²) in [7, 11) is 1.59. The van der Waals surface area contributed by atoms with Crippen molar-refractivity contribution < 1.29 is 27.4 Å². The van der Waals surface area contributed by atoms with Gasteiger partial charge >= 0.3 is 6.18 Å². The molecule has 0 heterocycles. The van der Waals surface area contributed by atoms with Crippen molar-refractivity contribution in [2.24, 2.45) is 0 Å². The Balaban J connectivity index is 3.20. The highest BCUT2D eigenvalue weighted by atomic mass is 19.4. The van der Waals surface area contributed by atoms with Crippen LogP contribution in [-0.4, -0.2) is 58.9 Å². The average molecular weight is 273 g/mol. The minimum absolute atomic E-state index is 0.371. The van der Waals surface area contributed by atoms with Gasteiger partial charge in [-0.1, -0.05) is 0 Å². The van der Waals surface area contributed by atoms with Gasteiger partial charge in [0.2, 0.25) is 0 Å². The zero-order chi connectivity index (χ0) is 13.9. The van der Waals surface area contributed by atoms with Crippen LogP contribution in [0.5, 0.6) is 0 Å². The standard InChI is InChI=1S/C11H22F3NO3/c1-10(9-11(12,13)14)15-3-4-17-7-8-18-6-5-16-2/h10,15H,3-9H2,1-2H3. The number of nitrogens with one attached hydrogen (secondary N) is 1. The minimum atomic E-state index is -4.12. The van der Waals surface area contributed by atoms with Crippen molar-refractivity contribution in [3.8, 4) is 0 Å². The number of alkyl halides is 3. The van der Waals surface area contributed by atoms with Crippen molar-refractivity contribution >= 4 is 0 Å². The third-order valence-corrected chi connectivity index (χ3v) is 2.08. The van der Waals surface area contributed by atoms with Crippen LogP contribution in [-0.2, 0) is 14.2 Å². The first-order chi connectivity index (χ1) is 8.45. The minimum Gasteiger partial charge on any atom is -0.382 e. The Bertz CT molecular complexity index is 191. The lowest BCUT2D eigenvalue weighted by molar-refractivity contribution is -0.139. The van der Waals surface area contributed by atoms with Crippen LogP contribution in [0.2, 0.25) is 0 Å². The maximum Gasteiger partial charge on any atom is 0.390 e. The zero-order valence-corrected chi connectivity index (χ0v) is 10.9. The van der Waals surface area contributed by atoms with E-state index < -0.39 is 18.6 Å². The van der Waals surface area contributed by atoms with Gasteiger partial charge in [-0.2, -0.15) is 13.2 Å². The summed E-state index contributed by atoms with van der Waals surface area (Å²) in [5.41, 5.74) is 0. The fraction of sp³-hybridized carbons (Fsp3) is 1.00. The van der Waals surface area contributed by atoms with Gasteiger partial charge in [-0.05, 0) is 6.92 Å². The van der Waals surface area contributed by atoms with Crippen LogP contribution < -0.4 is 5.32 Å². The largest absolute Gasteiger partial charge is 0.390 e. The summed E-state index contributed by atoms with van der Waals surface area (Å²) >= 11 is 0. The molecule has 0 fully saturated rings. The van der Waals surface area contributed by atoms with Crippen LogP contribution in [0.25, 0.3) is 0 Å². The number of hydrogen-bond donors (Lipinski definition) is 1. The molecule has 0 saturated heterocycles. The van der Waals surface area contributed by atoms with Crippen LogP contribution in [0.4, 0.5) is 13.2 Å². The molecule has 0 spiro atoms.